The van der Waals surface area contributed by atoms with Crippen LogP contribution in [0.2, 0.25) is 0 Å². The summed E-state index contributed by atoms with van der Waals surface area (Å²) in [6.45, 7) is 1.54. The Morgan fingerprint density at radius 2 is 1.67 bits per heavy atom. The summed E-state index contributed by atoms with van der Waals surface area (Å²) >= 11 is 0. The zero-order valence-electron chi connectivity index (χ0n) is 17.5. The Hall–Kier alpha value is -4.18. The number of amides is 1. The van der Waals surface area contributed by atoms with E-state index in [0.29, 0.717) is 39.5 Å². The summed E-state index contributed by atoms with van der Waals surface area (Å²) < 4.78 is 26.5. The van der Waals surface area contributed by atoms with Crippen molar-refractivity contribution in [3.8, 4) is 0 Å². The van der Waals surface area contributed by atoms with Crippen LogP contribution in [0.1, 0.15) is 18.1 Å². The van der Waals surface area contributed by atoms with E-state index in [4.69, 9.17) is 0 Å². The predicted molar refractivity (Wildman–Crippen MR) is 128 cm³/mol. The number of non-ortho nitro benzene ring substituents is 1. The van der Waals surface area contributed by atoms with Crippen LogP contribution in [0, 0.1) is 10.1 Å². The highest BCUT2D eigenvalue weighted by Gasteiger charge is 2.29. The Balaban J connectivity index is 1.84. The van der Waals surface area contributed by atoms with E-state index in [1.165, 1.54) is 19.1 Å². The first kappa shape index (κ1) is 22.0. The monoisotopic (exact) mass is 464 g/mol. The first-order valence-electron chi connectivity index (χ1n) is 10.0. The summed E-state index contributed by atoms with van der Waals surface area (Å²) in [5.41, 5.74) is 3.45. The van der Waals surface area contributed by atoms with Crippen LogP contribution >= 0.6 is 0 Å². The van der Waals surface area contributed by atoms with E-state index in [9.17, 15) is 23.3 Å². The van der Waals surface area contributed by atoms with Crippen LogP contribution in [0.3, 0.4) is 0 Å². The van der Waals surface area contributed by atoms with Crippen LogP contribution in [0.15, 0.2) is 72.8 Å². The SMILES string of the molecule is CCS(=O)(=O)Nc1ccc2c(c1)/C(=C(/Nc1ccc([N+](=O)[O-])cc1)c1ccccc1)C(=O)N2. The van der Waals surface area contributed by atoms with Gasteiger partial charge in [0.25, 0.3) is 11.6 Å². The highest BCUT2D eigenvalue weighted by molar-refractivity contribution is 7.92. The summed E-state index contributed by atoms with van der Waals surface area (Å²) in [7, 11) is -3.50. The van der Waals surface area contributed by atoms with Crippen LogP contribution in [0.5, 0.6) is 0 Å². The third-order valence-corrected chi connectivity index (χ3v) is 6.38. The maximum absolute atomic E-state index is 13.0. The van der Waals surface area contributed by atoms with Gasteiger partial charge in [0.2, 0.25) is 10.0 Å². The maximum atomic E-state index is 13.0. The van der Waals surface area contributed by atoms with E-state index < -0.39 is 14.9 Å². The van der Waals surface area contributed by atoms with Crippen LogP contribution in [0.4, 0.5) is 22.7 Å². The van der Waals surface area contributed by atoms with Crippen molar-refractivity contribution in [2.45, 2.75) is 6.92 Å². The zero-order valence-corrected chi connectivity index (χ0v) is 18.3. The number of hydrogen-bond acceptors (Lipinski definition) is 6. The number of rotatable bonds is 7. The number of nitro groups is 1. The van der Waals surface area contributed by atoms with Gasteiger partial charge in [-0.05, 0) is 42.8 Å². The van der Waals surface area contributed by atoms with Gasteiger partial charge in [-0.3, -0.25) is 19.6 Å². The highest BCUT2D eigenvalue weighted by atomic mass is 32.2. The second-order valence-corrected chi connectivity index (χ2v) is 9.28. The summed E-state index contributed by atoms with van der Waals surface area (Å²) in [6.07, 6.45) is 0. The van der Waals surface area contributed by atoms with Crippen LogP contribution in [-0.4, -0.2) is 25.0 Å². The van der Waals surface area contributed by atoms with Crippen molar-refractivity contribution in [2.75, 3.05) is 21.1 Å². The molecule has 0 aromatic heterocycles. The fourth-order valence-electron chi connectivity index (χ4n) is 3.43. The van der Waals surface area contributed by atoms with Crippen molar-refractivity contribution in [3.05, 3.63) is 94.0 Å². The molecule has 1 heterocycles. The molecule has 0 unspecified atom stereocenters. The molecule has 3 aromatic rings. The van der Waals surface area contributed by atoms with Gasteiger partial charge in [0, 0.05) is 34.8 Å². The van der Waals surface area contributed by atoms with Gasteiger partial charge in [-0.25, -0.2) is 8.42 Å². The smallest absolute Gasteiger partial charge is 0.269 e. The second kappa shape index (κ2) is 8.75. The molecule has 0 radical (unpaired) electrons. The Labute approximate surface area is 190 Å². The minimum atomic E-state index is -3.50. The van der Waals surface area contributed by atoms with Gasteiger partial charge in [-0.2, -0.15) is 0 Å². The molecule has 4 rings (SSSR count). The summed E-state index contributed by atoms with van der Waals surface area (Å²) in [6, 6.07) is 19.8. The van der Waals surface area contributed by atoms with Crippen molar-refractivity contribution in [3.63, 3.8) is 0 Å². The molecule has 10 heteroatoms. The largest absolute Gasteiger partial charge is 0.354 e. The summed E-state index contributed by atoms with van der Waals surface area (Å²) in [5.74, 6) is -0.435. The van der Waals surface area contributed by atoms with Crippen LogP contribution in [0.25, 0.3) is 11.3 Å². The quantitative estimate of drug-likeness (QED) is 0.272. The molecule has 1 aliphatic rings. The van der Waals surface area contributed by atoms with E-state index in [1.54, 1.807) is 30.3 Å². The van der Waals surface area contributed by atoms with Gasteiger partial charge in [0.05, 0.1) is 21.9 Å². The topological polar surface area (TPSA) is 130 Å². The fraction of sp³-hybridized carbons (Fsp3) is 0.0870. The third-order valence-electron chi connectivity index (χ3n) is 5.08. The molecular weight excluding hydrogens is 444 g/mol. The molecule has 33 heavy (non-hydrogen) atoms. The molecular formula is C23H20N4O5S. The van der Waals surface area contributed by atoms with E-state index in [0.717, 1.165) is 0 Å². The van der Waals surface area contributed by atoms with Gasteiger partial charge in [-0.15, -0.1) is 0 Å². The number of nitrogens with zero attached hydrogens (tertiary/aromatic N) is 1. The number of hydrogen-bond donors (Lipinski definition) is 3. The van der Waals surface area contributed by atoms with Crippen molar-refractivity contribution < 1.29 is 18.1 Å². The van der Waals surface area contributed by atoms with E-state index in [1.807, 2.05) is 30.3 Å². The Bertz CT molecular complexity index is 1370. The number of nitrogens with one attached hydrogen (secondary N) is 3. The van der Waals surface area contributed by atoms with Crippen molar-refractivity contribution in [1.82, 2.24) is 0 Å². The minimum Gasteiger partial charge on any atom is -0.354 e. The molecule has 0 saturated heterocycles. The molecule has 0 aliphatic carbocycles. The predicted octanol–water partition coefficient (Wildman–Crippen LogP) is 4.29. The minimum absolute atomic E-state index is 0.0498. The second-order valence-electron chi connectivity index (χ2n) is 7.26. The van der Waals surface area contributed by atoms with E-state index in [2.05, 4.69) is 15.4 Å². The number of anilines is 3. The lowest BCUT2D eigenvalue weighted by atomic mass is 9.99. The zero-order chi connectivity index (χ0) is 23.6. The number of carbonyl (C=O) groups is 1. The lowest BCUT2D eigenvalue weighted by Gasteiger charge is -2.15. The molecule has 9 nitrogen and oxygen atoms in total. The molecule has 3 N–H and O–H groups in total. The molecule has 0 saturated carbocycles. The molecule has 1 amide bonds. The fourth-order valence-corrected chi connectivity index (χ4v) is 4.06. The number of benzene rings is 3. The van der Waals surface area contributed by atoms with Gasteiger partial charge in [0.1, 0.15) is 0 Å². The first-order chi connectivity index (χ1) is 15.8. The van der Waals surface area contributed by atoms with Crippen molar-refractivity contribution in [1.29, 1.82) is 0 Å². The standard InChI is InChI=1S/C23H20N4O5S/c1-2-33(31,32)26-17-10-13-20-19(14-17)21(23(28)25-20)22(15-6-4-3-5-7-15)24-16-8-11-18(12-9-16)27(29)30/h3-14,24,26H,2H2,1H3,(H,25,28)/b22-21-. The highest BCUT2D eigenvalue weighted by Crippen LogP contribution is 2.39. The maximum Gasteiger partial charge on any atom is 0.269 e. The van der Waals surface area contributed by atoms with Gasteiger partial charge in [-0.1, -0.05) is 30.3 Å². The van der Waals surface area contributed by atoms with Crippen LogP contribution < -0.4 is 15.4 Å². The summed E-state index contributed by atoms with van der Waals surface area (Å²) in [5, 5.41) is 17.0. The number of sulfonamides is 1. The average molecular weight is 465 g/mol. The van der Waals surface area contributed by atoms with E-state index in [-0.39, 0.29) is 17.3 Å². The van der Waals surface area contributed by atoms with Crippen LogP contribution in [-0.2, 0) is 14.8 Å². The van der Waals surface area contributed by atoms with Crippen molar-refractivity contribution in [2.24, 2.45) is 0 Å². The average Bonchev–Trinajstić information content (AvgIpc) is 3.13. The molecule has 1 aliphatic heterocycles. The molecule has 0 fully saturated rings. The Kier molecular flexibility index (Phi) is 5.84. The lowest BCUT2D eigenvalue weighted by molar-refractivity contribution is -0.384. The molecule has 3 aromatic carbocycles. The number of nitro benzene ring substituents is 1. The Morgan fingerprint density at radius 1 is 1.00 bits per heavy atom. The number of carbonyl (C=O) groups excluding carboxylic acids is 1. The van der Waals surface area contributed by atoms with Gasteiger partial charge >= 0.3 is 0 Å². The normalized spacial score (nSPS) is 14.3. The molecule has 0 spiro atoms. The van der Waals surface area contributed by atoms with Gasteiger partial charge in [0.15, 0.2) is 0 Å². The lowest BCUT2D eigenvalue weighted by Crippen LogP contribution is -2.14. The van der Waals surface area contributed by atoms with E-state index >= 15 is 0 Å². The molecule has 168 valence electrons. The number of fused-ring (bicyclic) bond motifs is 1. The van der Waals surface area contributed by atoms with Gasteiger partial charge < -0.3 is 10.6 Å². The molecule has 0 atom stereocenters. The Morgan fingerprint density at radius 3 is 2.30 bits per heavy atom. The summed E-state index contributed by atoms with van der Waals surface area (Å²) in [4.78, 5) is 23.5. The molecule has 0 bridgehead atoms. The van der Waals surface area contributed by atoms with Crippen molar-refractivity contribution >= 4 is 50.0 Å². The first-order valence-corrected chi connectivity index (χ1v) is 11.7. The third kappa shape index (κ3) is 4.70.